The SMILES string of the molecule is COc1ccccc1C(=O)Nc1c(-c2cccc(C(F)(F)F)c2)n[nH]c1C. The van der Waals surface area contributed by atoms with E-state index in [1.807, 2.05) is 0 Å². The highest BCUT2D eigenvalue weighted by atomic mass is 19.4. The number of methoxy groups -OCH3 is 1. The third-order valence-corrected chi connectivity index (χ3v) is 4.00. The number of H-pyrrole nitrogens is 1. The summed E-state index contributed by atoms with van der Waals surface area (Å²) in [7, 11) is 1.45. The zero-order valence-corrected chi connectivity index (χ0v) is 14.5. The Morgan fingerprint density at radius 3 is 2.59 bits per heavy atom. The molecule has 1 amide bonds. The molecule has 0 saturated heterocycles. The van der Waals surface area contributed by atoms with Crippen LogP contribution < -0.4 is 10.1 Å². The van der Waals surface area contributed by atoms with E-state index in [2.05, 4.69) is 15.5 Å². The fraction of sp³-hybridized carbons (Fsp3) is 0.158. The van der Waals surface area contributed by atoms with E-state index in [1.165, 1.54) is 19.2 Å². The summed E-state index contributed by atoms with van der Waals surface area (Å²) in [5, 5.41) is 9.47. The summed E-state index contributed by atoms with van der Waals surface area (Å²) in [5.41, 5.74) is 0.806. The van der Waals surface area contributed by atoms with Crippen LogP contribution in [0.25, 0.3) is 11.3 Å². The maximum Gasteiger partial charge on any atom is 0.416 e. The maximum absolute atomic E-state index is 13.0. The van der Waals surface area contributed by atoms with Crippen molar-refractivity contribution in [3.05, 3.63) is 65.4 Å². The number of aromatic amines is 1. The summed E-state index contributed by atoms with van der Waals surface area (Å²) in [6, 6.07) is 11.4. The lowest BCUT2D eigenvalue weighted by Gasteiger charge is -2.11. The molecule has 5 nitrogen and oxygen atoms in total. The van der Waals surface area contributed by atoms with E-state index in [1.54, 1.807) is 31.2 Å². The van der Waals surface area contributed by atoms with E-state index in [9.17, 15) is 18.0 Å². The van der Waals surface area contributed by atoms with E-state index < -0.39 is 17.6 Å². The Balaban J connectivity index is 1.98. The lowest BCUT2D eigenvalue weighted by molar-refractivity contribution is -0.137. The van der Waals surface area contributed by atoms with Crippen molar-refractivity contribution < 1.29 is 22.7 Å². The number of halogens is 3. The Labute approximate surface area is 153 Å². The quantitative estimate of drug-likeness (QED) is 0.697. The van der Waals surface area contributed by atoms with Gasteiger partial charge in [0.1, 0.15) is 11.4 Å². The van der Waals surface area contributed by atoms with Gasteiger partial charge in [-0.1, -0.05) is 24.3 Å². The van der Waals surface area contributed by atoms with Crippen molar-refractivity contribution in [2.45, 2.75) is 13.1 Å². The second-order valence-corrected chi connectivity index (χ2v) is 5.81. The van der Waals surface area contributed by atoms with Crippen molar-refractivity contribution in [1.82, 2.24) is 10.2 Å². The Kier molecular flexibility index (Phi) is 4.89. The summed E-state index contributed by atoms with van der Waals surface area (Å²) in [4.78, 5) is 12.6. The Morgan fingerprint density at radius 1 is 1.15 bits per heavy atom. The molecule has 2 aromatic carbocycles. The van der Waals surface area contributed by atoms with Gasteiger partial charge in [-0.25, -0.2) is 0 Å². The molecular formula is C19H16F3N3O2. The van der Waals surface area contributed by atoms with Gasteiger partial charge in [0.2, 0.25) is 0 Å². The van der Waals surface area contributed by atoms with Crippen LogP contribution in [0.3, 0.4) is 0 Å². The molecule has 0 spiro atoms. The number of benzene rings is 2. The zero-order valence-electron chi connectivity index (χ0n) is 14.5. The molecule has 0 radical (unpaired) electrons. The van der Waals surface area contributed by atoms with Crippen LogP contribution in [0, 0.1) is 6.92 Å². The molecular weight excluding hydrogens is 359 g/mol. The van der Waals surface area contributed by atoms with Crippen LogP contribution in [0.2, 0.25) is 0 Å². The molecule has 0 aliphatic heterocycles. The smallest absolute Gasteiger partial charge is 0.416 e. The average Bonchev–Trinajstić information content (AvgIpc) is 3.01. The molecule has 1 heterocycles. The number of aromatic nitrogens is 2. The number of nitrogens with one attached hydrogen (secondary N) is 2. The fourth-order valence-electron chi connectivity index (χ4n) is 2.65. The van der Waals surface area contributed by atoms with E-state index in [4.69, 9.17) is 4.74 Å². The van der Waals surface area contributed by atoms with Gasteiger partial charge in [0.05, 0.1) is 29.6 Å². The van der Waals surface area contributed by atoms with Gasteiger partial charge in [0, 0.05) is 5.56 Å². The number of carbonyl (C=O) groups is 1. The number of hydrogen-bond donors (Lipinski definition) is 2. The maximum atomic E-state index is 13.0. The van der Waals surface area contributed by atoms with Crippen LogP contribution in [0.15, 0.2) is 48.5 Å². The van der Waals surface area contributed by atoms with Gasteiger partial charge in [0.15, 0.2) is 0 Å². The molecule has 3 aromatic rings. The number of carbonyl (C=O) groups excluding carboxylic acids is 1. The Hall–Kier alpha value is -3.29. The second-order valence-electron chi connectivity index (χ2n) is 5.81. The third kappa shape index (κ3) is 3.79. The highest BCUT2D eigenvalue weighted by Gasteiger charge is 2.31. The first-order chi connectivity index (χ1) is 12.8. The summed E-state index contributed by atoms with van der Waals surface area (Å²) in [6.45, 7) is 1.67. The van der Waals surface area contributed by atoms with Crippen molar-refractivity contribution >= 4 is 11.6 Å². The lowest BCUT2D eigenvalue weighted by atomic mass is 10.1. The number of rotatable bonds is 4. The molecule has 0 unspecified atom stereocenters. The normalized spacial score (nSPS) is 11.3. The molecule has 1 aromatic heterocycles. The van der Waals surface area contributed by atoms with Gasteiger partial charge in [-0.05, 0) is 31.2 Å². The van der Waals surface area contributed by atoms with Crippen molar-refractivity contribution in [3.63, 3.8) is 0 Å². The minimum atomic E-state index is -4.47. The van der Waals surface area contributed by atoms with Crippen LogP contribution in [0.1, 0.15) is 21.6 Å². The zero-order chi connectivity index (χ0) is 19.6. The summed E-state index contributed by atoms with van der Waals surface area (Å²) in [5.74, 6) is -0.0676. The fourth-order valence-corrected chi connectivity index (χ4v) is 2.65. The molecule has 0 bridgehead atoms. The topological polar surface area (TPSA) is 67.0 Å². The highest BCUT2D eigenvalue weighted by Crippen LogP contribution is 2.35. The monoisotopic (exact) mass is 375 g/mol. The number of hydrogen-bond acceptors (Lipinski definition) is 3. The molecule has 2 N–H and O–H groups in total. The van der Waals surface area contributed by atoms with Crippen LogP contribution in [-0.4, -0.2) is 23.2 Å². The molecule has 140 valence electrons. The highest BCUT2D eigenvalue weighted by molar-refractivity contribution is 6.08. The third-order valence-electron chi connectivity index (χ3n) is 4.00. The van der Waals surface area contributed by atoms with E-state index >= 15 is 0 Å². The molecule has 0 aliphatic rings. The average molecular weight is 375 g/mol. The standard InChI is InChI=1S/C19H16F3N3O2/c1-11-16(23-18(26)14-8-3-4-9-15(14)27-2)17(25-24-11)12-6-5-7-13(10-12)19(20,21)22/h3-10H,1-2H3,(H,23,26)(H,24,25). The first kappa shape index (κ1) is 18.5. The molecule has 8 heteroatoms. The van der Waals surface area contributed by atoms with Crippen molar-refractivity contribution in [3.8, 4) is 17.0 Å². The van der Waals surface area contributed by atoms with E-state index in [0.29, 0.717) is 22.7 Å². The molecule has 0 atom stereocenters. The number of para-hydroxylation sites is 1. The Bertz CT molecular complexity index is 980. The molecule has 0 fully saturated rings. The summed E-state index contributed by atoms with van der Waals surface area (Å²) < 4.78 is 44.2. The molecule has 3 rings (SSSR count). The van der Waals surface area contributed by atoms with Gasteiger partial charge in [-0.3, -0.25) is 9.89 Å². The minimum Gasteiger partial charge on any atom is -0.496 e. The number of amides is 1. The number of nitrogens with zero attached hydrogens (tertiary/aromatic N) is 1. The predicted molar refractivity (Wildman–Crippen MR) is 94.7 cm³/mol. The molecule has 0 saturated carbocycles. The molecule has 27 heavy (non-hydrogen) atoms. The number of anilines is 1. The van der Waals surface area contributed by atoms with Gasteiger partial charge in [0.25, 0.3) is 5.91 Å². The van der Waals surface area contributed by atoms with E-state index in [-0.39, 0.29) is 11.3 Å². The Morgan fingerprint density at radius 2 is 1.89 bits per heavy atom. The number of ether oxygens (including phenoxy) is 1. The van der Waals surface area contributed by atoms with Crippen LogP contribution in [-0.2, 0) is 6.18 Å². The van der Waals surface area contributed by atoms with Crippen LogP contribution in [0.4, 0.5) is 18.9 Å². The van der Waals surface area contributed by atoms with Crippen LogP contribution >= 0.6 is 0 Å². The van der Waals surface area contributed by atoms with Crippen molar-refractivity contribution in [2.75, 3.05) is 12.4 Å². The predicted octanol–water partition coefficient (Wildman–Crippen LogP) is 4.66. The number of aryl methyl sites for hydroxylation is 1. The van der Waals surface area contributed by atoms with Gasteiger partial charge in [-0.15, -0.1) is 0 Å². The largest absolute Gasteiger partial charge is 0.496 e. The first-order valence-electron chi connectivity index (χ1n) is 7.98. The molecule has 0 aliphatic carbocycles. The second kappa shape index (κ2) is 7.14. The first-order valence-corrected chi connectivity index (χ1v) is 7.98. The van der Waals surface area contributed by atoms with Gasteiger partial charge >= 0.3 is 6.18 Å². The lowest BCUT2D eigenvalue weighted by Crippen LogP contribution is -2.14. The summed E-state index contributed by atoms with van der Waals surface area (Å²) in [6.07, 6.45) is -4.47. The van der Waals surface area contributed by atoms with Gasteiger partial charge in [-0.2, -0.15) is 18.3 Å². The summed E-state index contributed by atoms with van der Waals surface area (Å²) >= 11 is 0. The van der Waals surface area contributed by atoms with Crippen molar-refractivity contribution in [1.29, 1.82) is 0 Å². The minimum absolute atomic E-state index is 0.224. The van der Waals surface area contributed by atoms with E-state index in [0.717, 1.165) is 12.1 Å². The van der Waals surface area contributed by atoms with Crippen LogP contribution in [0.5, 0.6) is 5.75 Å². The van der Waals surface area contributed by atoms with Gasteiger partial charge < -0.3 is 10.1 Å². The number of alkyl halides is 3. The van der Waals surface area contributed by atoms with Crippen molar-refractivity contribution in [2.24, 2.45) is 0 Å².